The molecule has 0 aliphatic heterocycles. The number of nitrogens with zero attached hydrogens (tertiary/aromatic N) is 2. The second-order valence-corrected chi connectivity index (χ2v) is 4.45. The number of aromatic nitrogens is 2. The second-order valence-electron chi connectivity index (χ2n) is 3.64. The van der Waals surface area contributed by atoms with Crippen LogP contribution in [0.4, 0.5) is 23.4 Å². The van der Waals surface area contributed by atoms with Gasteiger partial charge < -0.3 is 10.5 Å². The Balaban J connectivity index is 2.35. The van der Waals surface area contributed by atoms with E-state index in [0.29, 0.717) is 16.7 Å². The number of hydrogen-bond donors (Lipinski definition) is 1. The summed E-state index contributed by atoms with van der Waals surface area (Å²) >= 11 is 3.03. The van der Waals surface area contributed by atoms with E-state index in [0.717, 1.165) is 6.07 Å². The van der Waals surface area contributed by atoms with Gasteiger partial charge in [0.15, 0.2) is 0 Å². The van der Waals surface area contributed by atoms with Crippen LogP contribution in [0.3, 0.4) is 0 Å². The fraction of sp³-hybridized carbons (Fsp3) is 0.0909. The molecule has 2 aromatic rings. The van der Waals surface area contributed by atoms with Crippen LogP contribution in [0.1, 0.15) is 5.56 Å². The number of benzene rings is 1. The minimum Gasteiger partial charge on any atom is -0.424 e. The van der Waals surface area contributed by atoms with E-state index in [1.165, 1.54) is 6.07 Å². The van der Waals surface area contributed by atoms with Crippen molar-refractivity contribution in [3.8, 4) is 11.8 Å². The molecule has 2 rings (SSSR count). The summed E-state index contributed by atoms with van der Waals surface area (Å²) in [5.74, 6) is -1.57. The number of hydrogen-bond acceptors (Lipinski definition) is 4. The van der Waals surface area contributed by atoms with E-state index in [9.17, 15) is 17.6 Å². The van der Waals surface area contributed by atoms with Crippen molar-refractivity contribution < 1.29 is 22.3 Å². The highest BCUT2D eigenvalue weighted by molar-refractivity contribution is 9.10. The molecular weight excluding hydrogens is 346 g/mol. The SMILES string of the molecule is Nc1cc(Br)nc(Oc2ccc(F)c(C(F)(F)F)c2)n1. The van der Waals surface area contributed by atoms with Gasteiger partial charge in [0.25, 0.3) is 0 Å². The number of nitrogens with two attached hydrogens (primary N) is 1. The van der Waals surface area contributed by atoms with E-state index in [-0.39, 0.29) is 17.6 Å². The standard InChI is InChI=1S/C11H6BrF4N3O/c12-8-4-9(17)19-10(18-8)20-5-1-2-7(13)6(3-5)11(14,15)16/h1-4H,(H2,17,18,19). The maximum Gasteiger partial charge on any atom is 0.419 e. The molecule has 0 saturated heterocycles. The van der Waals surface area contributed by atoms with Gasteiger partial charge in [-0.05, 0) is 34.1 Å². The Morgan fingerprint density at radius 3 is 2.45 bits per heavy atom. The molecular formula is C11H6BrF4N3O. The minimum atomic E-state index is -4.82. The summed E-state index contributed by atoms with van der Waals surface area (Å²) in [5, 5.41) is 0. The molecule has 9 heteroatoms. The topological polar surface area (TPSA) is 61.0 Å². The van der Waals surface area contributed by atoms with Crippen LogP contribution in [0, 0.1) is 5.82 Å². The van der Waals surface area contributed by atoms with Crippen molar-refractivity contribution in [1.29, 1.82) is 0 Å². The van der Waals surface area contributed by atoms with Crippen LogP contribution in [-0.2, 0) is 6.18 Å². The normalized spacial score (nSPS) is 11.4. The van der Waals surface area contributed by atoms with Crippen molar-refractivity contribution in [2.75, 3.05) is 5.73 Å². The van der Waals surface area contributed by atoms with E-state index in [1.807, 2.05) is 0 Å². The Labute approximate surface area is 118 Å². The Hall–Kier alpha value is -1.90. The minimum absolute atomic E-state index is 0.0695. The molecule has 1 heterocycles. The molecule has 0 bridgehead atoms. The quantitative estimate of drug-likeness (QED) is 0.660. The lowest BCUT2D eigenvalue weighted by atomic mass is 10.2. The number of nitrogen functional groups attached to an aromatic ring is 1. The maximum absolute atomic E-state index is 13.1. The third kappa shape index (κ3) is 3.35. The summed E-state index contributed by atoms with van der Waals surface area (Å²) in [7, 11) is 0. The van der Waals surface area contributed by atoms with Gasteiger partial charge in [-0.1, -0.05) is 0 Å². The first kappa shape index (κ1) is 14.5. The van der Waals surface area contributed by atoms with Crippen molar-refractivity contribution in [2.45, 2.75) is 6.18 Å². The lowest BCUT2D eigenvalue weighted by Crippen LogP contribution is -2.08. The molecule has 0 unspecified atom stereocenters. The van der Waals surface area contributed by atoms with Crippen LogP contribution in [0.5, 0.6) is 11.8 Å². The monoisotopic (exact) mass is 351 g/mol. The molecule has 0 spiro atoms. The molecule has 1 aromatic heterocycles. The van der Waals surface area contributed by atoms with Gasteiger partial charge in [-0.15, -0.1) is 0 Å². The van der Waals surface area contributed by atoms with Crippen molar-refractivity contribution in [1.82, 2.24) is 9.97 Å². The van der Waals surface area contributed by atoms with Gasteiger partial charge in [0, 0.05) is 6.07 Å². The Morgan fingerprint density at radius 1 is 1.15 bits per heavy atom. The Kier molecular flexibility index (Phi) is 3.80. The van der Waals surface area contributed by atoms with Crippen molar-refractivity contribution in [3.63, 3.8) is 0 Å². The highest BCUT2D eigenvalue weighted by Gasteiger charge is 2.34. The van der Waals surface area contributed by atoms with Crippen molar-refractivity contribution in [2.24, 2.45) is 0 Å². The molecule has 2 N–H and O–H groups in total. The fourth-order valence-electron chi connectivity index (χ4n) is 1.35. The zero-order valence-electron chi connectivity index (χ0n) is 9.58. The molecule has 0 saturated carbocycles. The zero-order valence-corrected chi connectivity index (χ0v) is 11.2. The number of alkyl halides is 3. The molecule has 20 heavy (non-hydrogen) atoms. The highest BCUT2D eigenvalue weighted by atomic mass is 79.9. The molecule has 4 nitrogen and oxygen atoms in total. The summed E-state index contributed by atoms with van der Waals surface area (Å²) < 4.78 is 56.1. The molecule has 0 amide bonds. The lowest BCUT2D eigenvalue weighted by molar-refractivity contribution is -0.140. The van der Waals surface area contributed by atoms with E-state index in [2.05, 4.69) is 25.9 Å². The summed E-state index contributed by atoms with van der Waals surface area (Å²) in [6.07, 6.45) is -4.82. The number of rotatable bonds is 2. The van der Waals surface area contributed by atoms with E-state index < -0.39 is 17.6 Å². The van der Waals surface area contributed by atoms with Gasteiger partial charge in [0.05, 0.1) is 5.56 Å². The van der Waals surface area contributed by atoms with E-state index in [1.54, 1.807) is 0 Å². The van der Waals surface area contributed by atoms with Crippen molar-refractivity contribution in [3.05, 3.63) is 40.2 Å². The van der Waals surface area contributed by atoms with Crippen LogP contribution in [0.25, 0.3) is 0 Å². The molecule has 0 atom stereocenters. The first-order valence-electron chi connectivity index (χ1n) is 5.10. The molecule has 0 fully saturated rings. The van der Waals surface area contributed by atoms with Crippen molar-refractivity contribution >= 4 is 21.7 Å². The second kappa shape index (κ2) is 5.23. The van der Waals surface area contributed by atoms with Crippen LogP contribution in [0.15, 0.2) is 28.9 Å². The highest BCUT2D eigenvalue weighted by Crippen LogP contribution is 2.34. The van der Waals surface area contributed by atoms with Crippen LogP contribution < -0.4 is 10.5 Å². The van der Waals surface area contributed by atoms with Crippen LogP contribution >= 0.6 is 15.9 Å². The smallest absolute Gasteiger partial charge is 0.419 e. The third-order valence-electron chi connectivity index (χ3n) is 2.15. The summed E-state index contributed by atoms with van der Waals surface area (Å²) in [4.78, 5) is 7.45. The molecule has 106 valence electrons. The summed E-state index contributed by atoms with van der Waals surface area (Å²) in [5.41, 5.74) is 4.00. The van der Waals surface area contributed by atoms with Gasteiger partial charge in [-0.25, -0.2) is 4.39 Å². The number of ether oxygens (including phenoxy) is 1. The maximum atomic E-state index is 13.1. The molecule has 1 aromatic carbocycles. The number of anilines is 1. The number of halogens is 5. The summed E-state index contributed by atoms with van der Waals surface area (Å²) in [6, 6.07) is 3.34. The Bertz CT molecular complexity index is 628. The van der Waals surface area contributed by atoms with Gasteiger partial charge in [0.1, 0.15) is 22.0 Å². The van der Waals surface area contributed by atoms with Gasteiger partial charge in [-0.2, -0.15) is 23.1 Å². The molecule has 0 aliphatic rings. The third-order valence-corrected chi connectivity index (χ3v) is 2.55. The van der Waals surface area contributed by atoms with E-state index >= 15 is 0 Å². The van der Waals surface area contributed by atoms with Gasteiger partial charge in [0.2, 0.25) is 0 Å². The first-order chi connectivity index (χ1) is 9.25. The predicted octanol–water partition coefficient (Wildman–Crippen LogP) is 3.77. The fourth-order valence-corrected chi connectivity index (χ4v) is 1.74. The summed E-state index contributed by atoms with van der Waals surface area (Å²) in [6.45, 7) is 0. The average molecular weight is 352 g/mol. The first-order valence-corrected chi connectivity index (χ1v) is 5.89. The lowest BCUT2D eigenvalue weighted by Gasteiger charge is -2.10. The largest absolute Gasteiger partial charge is 0.424 e. The average Bonchev–Trinajstić information content (AvgIpc) is 2.29. The van der Waals surface area contributed by atoms with E-state index in [4.69, 9.17) is 10.5 Å². The molecule has 0 radical (unpaired) electrons. The van der Waals surface area contributed by atoms with Gasteiger partial charge in [-0.3, -0.25) is 0 Å². The van der Waals surface area contributed by atoms with Gasteiger partial charge >= 0.3 is 12.2 Å². The van der Waals surface area contributed by atoms with Crippen LogP contribution in [-0.4, -0.2) is 9.97 Å². The predicted molar refractivity (Wildman–Crippen MR) is 65.6 cm³/mol. The Morgan fingerprint density at radius 2 is 1.85 bits per heavy atom. The van der Waals surface area contributed by atoms with Crippen LogP contribution in [0.2, 0.25) is 0 Å². The zero-order chi connectivity index (χ0) is 14.9. The molecule has 0 aliphatic carbocycles.